The number of carbonyl (C=O) groups excluding carboxylic acids is 1. The van der Waals surface area contributed by atoms with Crippen LogP contribution in [0.1, 0.15) is 25.7 Å². The smallest absolute Gasteiger partial charge is 0.155 e. The van der Waals surface area contributed by atoms with Crippen LogP contribution in [0, 0.1) is 0 Å². The van der Waals surface area contributed by atoms with E-state index in [0.717, 1.165) is 40.0 Å². The summed E-state index contributed by atoms with van der Waals surface area (Å²) >= 11 is 7.21. The van der Waals surface area contributed by atoms with E-state index >= 15 is 0 Å². The number of fused-ring (bicyclic) bond motifs is 2. The molecule has 0 amide bonds. The predicted octanol–water partition coefficient (Wildman–Crippen LogP) is 5.05. The summed E-state index contributed by atoms with van der Waals surface area (Å²) in [7, 11) is 0. The molecule has 2 heterocycles. The number of ether oxygens (including phenoxy) is 1. The molecule has 2 atom stereocenters. The summed E-state index contributed by atoms with van der Waals surface area (Å²) in [6.07, 6.45) is 3.69. The number of hydrogen-bond donors (Lipinski definition) is 0. The Labute approximate surface area is 157 Å². The van der Waals surface area contributed by atoms with Crippen LogP contribution >= 0.6 is 24.0 Å². The lowest BCUT2D eigenvalue weighted by atomic mass is 10.0. The second-order valence-electron chi connectivity index (χ2n) is 6.41. The van der Waals surface area contributed by atoms with Crippen LogP contribution in [0.15, 0.2) is 59.5 Å². The van der Waals surface area contributed by atoms with Crippen molar-refractivity contribution in [3.8, 4) is 11.5 Å². The van der Waals surface area contributed by atoms with Crippen LogP contribution in [0.3, 0.4) is 0 Å². The zero-order valence-corrected chi connectivity index (χ0v) is 15.4. The third-order valence-electron chi connectivity index (χ3n) is 4.82. The van der Waals surface area contributed by atoms with Gasteiger partial charge in [0, 0.05) is 17.4 Å². The van der Waals surface area contributed by atoms with E-state index in [4.69, 9.17) is 17.0 Å². The molecule has 0 saturated carbocycles. The summed E-state index contributed by atoms with van der Waals surface area (Å²) in [4.78, 5) is 15.4. The molecule has 0 spiro atoms. The van der Waals surface area contributed by atoms with Crippen LogP contribution in [-0.4, -0.2) is 27.1 Å². The Morgan fingerprint density at radius 1 is 1.00 bits per heavy atom. The molecule has 4 rings (SSSR count). The largest absolute Gasteiger partial charge is 0.457 e. The van der Waals surface area contributed by atoms with Gasteiger partial charge in [0.2, 0.25) is 0 Å². The molecule has 128 valence electrons. The number of ketones is 1. The summed E-state index contributed by atoms with van der Waals surface area (Å²) in [5.74, 6) is 1.97. The standard InChI is InChI=1S/C20H19NO2S2/c22-19-13-7-14-6-12-18(19)21(14)20(24)25-17-10-8-16(9-11-17)23-15-4-2-1-3-5-15/h1-5,8-11,14,18H,6-7,12-13H2. The maximum Gasteiger partial charge on any atom is 0.155 e. The van der Waals surface area contributed by atoms with Crippen LogP contribution in [0.5, 0.6) is 11.5 Å². The van der Waals surface area contributed by atoms with Gasteiger partial charge in [0.1, 0.15) is 15.8 Å². The summed E-state index contributed by atoms with van der Waals surface area (Å²) in [5, 5.41) is 0. The van der Waals surface area contributed by atoms with E-state index in [-0.39, 0.29) is 6.04 Å². The fraction of sp³-hybridized carbons (Fsp3) is 0.300. The van der Waals surface area contributed by atoms with Gasteiger partial charge in [-0.25, -0.2) is 0 Å². The fourth-order valence-corrected chi connectivity index (χ4v) is 5.01. The Kier molecular flexibility index (Phi) is 4.77. The van der Waals surface area contributed by atoms with Gasteiger partial charge in [-0.15, -0.1) is 0 Å². The maximum absolute atomic E-state index is 12.1. The highest BCUT2D eigenvalue weighted by Gasteiger charge is 2.42. The van der Waals surface area contributed by atoms with Gasteiger partial charge in [-0.2, -0.15) is 0 Å². The third kappa shape index (κ3) is 3.58. The molecule has 2 unspecified atom stereocenters. The number of thioether (sulfide) groups is 1. The summed E-state index contributed by atoms with van der Waals surface area (Å²) in [6.45, 7) is 0. The van der Waals surface area contributed by atoms with Crippen molar-refractivity contribution >= 4 is 34.1 Å². The van der Waals surface area contributed by atoms with E-state index in [1.54, 1.807) is 11.8 Å². The van der Waals surface area contributed by atoms with Gasteiger partial charge in [-0.05, 0) is 55.7 Å². The highest BCUT2D eigenvalue weighted by atomic mass is 32.2. The van der Waals surface area contributed by atoms with E-state index in [1.165, 1.54) is 0 Å². The van der Waals surface area contributed by atoms with Crippen LogP contribution in [0.4, 0.5) is 0 Å². The lowest BCUT2D eigenvalue weighted by Crippen LogP contribution is -2.46. The van der Waals surface area contributed by atoms with Crippen molar-refractivity contribution in [2.45, 2.75) is 42.7 Å². The van der Waals surface area contributed by atoms with Gasteiger partial charge < -0.3 is 9.64 Å². The Morgan fingerprint density at radius 2 is 1.72 bits per heavy atom. The van der Waals surface area contributed by atoms with Crippen molar-refractivity contribution in [3.63, 3.8) is 0 Å². The lowest BCUT2D eigenvalue weighted by Gasteiger charge is -2.35. The second-order valence-corrected chi connectivity index (χ2v) is 8.12. The first kappa shape index (κ1) is 16.6. The number of thiocarbonyl (C=S) groups is 1. The zero-order valence-electron chi connectivity index (χ0n) is 13.8. The molecule has 2 aromatic carbocycles. The minimum absolute atomic E-state index is 0.0134. The van der Waals surface area contributed by atoms with E-state index in [0.29, 0.717) is 18.2 Å². The molecule has 2 aromatic rings. The topological polar surface area (TPSA) is 29.5 Å². The number of para-hydroxylation sites is 1. The molecule has 2 aliphatic rings. The highest BCUT2D eigenvalue weighted by Crippen LogP contribution is 2.37. The van der Waals surface area contributed by atoms with Crippen LogP contribution in [0.25, 0.3) is 0 Å². The minimum Gasteiger partial charge on any atom is -0.457 e. The van der Waals surface area contributed by atoms with Crippen LogP contribution in [0.2, 0.25) is 0 Å². The van der Waals surface area contributed by atoms with Gasteiger partial charge in [0.15, 0.2) is 5.78 Å². The van der Waals surface area contributed by atoms with E-state index in [1.807, 2.05) is 54.6 Å². The Hall–Kier alpha value is -1.85. The Balaban J connectivity index is 1.41. The lowest BCUT2D eigenvalue weighted by molar-refractivity contribution is -0.124. The van der Waals surface area contributed by atoms with Gasteiger partial charge in [-0.1, -0.05) is 42.2 Å². The highest BCUT2D eigenvalue weighted by molar-refractivity contribution is 8.22. The van der Waals surface area contributed by atoms with E-state index in [2.05, 4.69) is 4.90 Å². The molecule has 2 bridgehead atoms. The quantitative estimate of drug-likeness (QED) is 0.558. The molecule has 5 heteroatoms. The van der Waals surface area contributed by atoms with Crippen molar-refractivity contribution < 1.29 is 9.53 Å². The molecule has 0 aliphatic carbocycles. The van der Waals surface area contributed by atoms with E-state index in [9.17, 15) is 4.79 Å². The average Bonchev–Trinajstić information content (AvgIpc) is 2.98. The van der Waals surface area contributed by atoms with Gasteiger partial charge in [0.25, 0.3) is 0 Å². The summed E-state index contributed by atoms with van der Waals surface area (Å²) in [5.41, 5.74) is 0. The number of rotatable bonds is 3. The Morgan fingerprint density at radius 3 is 2.48 bits per heavy atom. The van der Waals surface area contributed by atoms with Crippen molar-refractivity contribution in [1.82, 2.24) is 4.90 Å². The van der Waals surface area contributed by atoms with E-state index < -0.39 is 0 Å². The van der Waals surface area contributed by atoms with Gasteiger partial charge >= 0.3 is 0 Å². The molecule has 0 radical (unpaired) electrons. The first-order chi connectivity index (χ1) is 12.2. The number of benzene rings is 2. The first-order valence-corrected chi connectivity index (χ1v) is 9.79. The van der Waals surface area contributed by atoms with Gasteiger partial charge in [0.05, 0.1) is 6.04 Å². The molecule has 2 fully saturated rings. The number of hydrogen-bond acceptors (Lipinski definition) is 4. The Bertz CT molecular complexity index is 776. The monoisotopic (exact) mass is 369 g/mol. The predicted molar refractivity (Wildman–Crippen MR) is 104 cm³/mol. The van der Waals surface area contributed by atoms with Gasteiger partial charge in [-0.3, -0.25) is 4.79 Å². The zero-order chi connectivity index (χ0) is 17.2. The van der Waals surface area contributed by atoms with Crippen LogP contribution in [-0.2, 0) is 4.79 Å². The SMILES string of the molecule is O=C1CCC2CCC1N2C(=S)Sc1ccc(Oc2ccccc2)cc1. The molecular formula is C20H19NO2S2. The van der Waals surface area contributed by atoms with Crippen molar-refractivity contribution in [3.05, 3.63) is 54.6 Å². The molecule has 2 aliphatic heterocycles. The molecule has 0 aromatic heterocycles. The number of Topliss-reactive ketones (excluding diaryl/α,β-unsaturated/α-hetero) is 1. The summed E-state index contributed by atoms with van der Waals surface area (Å²) < 4.78 is 6.63. The normalized spacial score (nSPS) is 22.1. The summed E-state index contributed by atoms with van der Waals surface area (Å²) in [6, 6.07) is 18.1. The number of carbonyl (C=O) groups is 1. The molecule has 3 nitrogen and oxygen atoms in total. The first-order valence-electron chi connectivity index (χ1n) is 8.56. The number of nitrogens with zero attached hydrogens (tertiary/aromatic N) is 1. The fourth-order valence-electron chi connectivity index (χ4n) is 3.59. The van der Waals surface area contributed by atoms with Crippen LogP contribution < -0.4 is 4.74 Å². The molecular weight excluding hydrogens is 350 g/mol. The molecule has 0 N–H and O–H groups in total. The van der Waals surface area contributed by atoms with Crippen molar-refractivity contribution in [2.24, 2.45) is 0 Å². The second kappa shape index (κ2) is 7.18. The molecule has 25 heavy (non-hydrogen) atoms. The maximum atomic E-state index is 12.1. The third-order valence-corrected chi connectivity index (χ3v) is 6.17. The van der Waals surface area contributed by atoms with Crippen molar-refractivity contribution in [1.29, 1.82) is 0 Å². The molecule has 2 saturated heterocycles. The van der Waals surface area contributed by atoms with Crippen molar-refractivity contribution in [2.75, 3.05) is 0 Å². The number of piperidine rings is 1. The minimum atomic E-state index is 0.0134. The average molecular weight is 370 g/mol.